The molecule has 0 saturated carbocycles. The van der Waals surface area contributed by atoms with E-state index in [4.69, 9.17) is 0 Å². The highest BCUT2D eigenvalue weighted by atomic mass is 32.2. The lowest BCUT2D eigenvalue weighted by molar-refractivity contribution is -0.137. The first kappa shape index (κ1) is 19.1. The fourth-order valence-corrected chi connectivity index (χ4v) is 3.50. The first-order valence-corrected chi connectivity index (χ1v) is 10.0. The number of benzene rings is 2. The molecule has 0 saturated heterocycles. The number of sulfonamides is 2. The van der Waals surface area contributed by atoms with Crippen molar-refractivity contribution in [2.24, 2.45) is 0 Å². The minimum absolute atomic E-state index is 0.153. The molecule has 0 aliphatic heterocycles. The van der Waals surface area contributed by atoms with E-state index >= 15 is 0 Å². The van der Waals surface area contributed by atoms with E-state index in [9.17, 15) is 30.0 Å². The Bertz CT molecular complexity index is 970. The Hall–Kier alpha value is -2.27. The third-order valence-corrected chi connectivity index (χ3v) is 4.91. The maximum absolute atomic E-state index is 12.7. The van der Waals surface area contributed by atoms with Crippen molar-refractivity contribution < 1.29 is 30.0 Å². The number of halogens is 3. The lowest BCUT2D eigenvalue weighted by atomic mass is 10.2. The van der Waals surface area contributed by atoms with Gasteiger partial charge in [0.1, 0.15) is 0 Å². The normalized spacial score (nSPS) is 12.6. The standard InChI is InChI=1S/C14H13F3N2O4S2/c1-24(20,21)18-11-5-7-13(8-6-11)25(22,23)19-12-4-2-3-10(9-12)14(15,16)17/h2-9,18-19H,1H3. The van der Waals surface area contributed by atoms with Gasteiger partial charge in [0.2, 0.25) is 10.0 Å². The Morgan fingerprint density at radius 3 is 1.96 bits per heavy atom. The van der Waals surface area contributed by atoms with Crippen molar-refractivity contribution in [3.05, 3.63) is 54.1 Å². The molecule has 0 aromatic heterocycles. The third kappa shape index (κ3) is 5.36. The molecule has 2 aromatic rings. The molecule has 136 valence electrons. The molecule has 2 aromatic carbocycles. The molecule has 0 aliphatic carbocycles. The number of alkyl halides is 3. The lowest BCUT2D eigenvalue weighted by Crippen LogP contribution is -2.14. The van der Waals surface area contributed by atoms with Gasteiger partial charge in [0.15, 0.2) is 0 Å². The summed E-state index contributed by atoms with van der Waals surface area (Å²) in [5.41, 5.74) is -1.07. The Morgan fingerprint density at radius 1 is 0.840 bits per heavy atom. The molecule has 25 heavy (non-hydrogen) atoms. The fraction of sp³-hybridized carbons (Fsp3) is 0.143. The minimum atomic E-state index is -4.60. The van der Waals surface area contributed by atoms with Gasteiger partial charge in [0, 0.05) is 11.4 Å². The van der Waals surface area contributed by atoms with Crippen LogP contribution in [0, 0.1) is 0 Å². The molecule has 0 heterocycles. The number of hydrogen-bond donors (Lipinski definition) is 2. The average molecular weight is 394 g/mol. The van der Waals surface area contributed by atoms with Crippen molar-refractivity contribution in [1.29, 1.82) is 0 Å². The molecule has 0 spiro atoms. The molecule has 11 heteroatoms. The molecule has 0 atom stereocenters. The smallest absolute Gasteiger partial charge is 0.284 e. The second kappa shape index (κ2) is 6.56. The van der Waals surface area contributed by atoms with Crippen molar-refractivity contribution in [3.8, 4) is 0 Å². The summed E-state index contributed by atoms with van der Waals surface area (Å²) in [4.78, 5) is -0.232. The van der Waals surface area contributed by atoms with Gasteiger partial charge in [-0.3, -0.25) is 9.44 Å². The van der Waals surface area contributed by atoms with Gasteiger partial charge in [-0.05, 0) is 42.5 Å². The van der Waals surface area contributed by atoms with E-state index in [1.165, 1.54) is 18.2 Å². The van der Waals surface area contributed by atoms with Gasteiger partial charge < -0.3 is 0 Å². The summed E-state index contributed by atoms with van der Waals surface area (Å²) in [6.07, 6.45) is -3.66. The first-order valence-electron chi connectivity index (χ1n) is 6.65. The zero-order valence-electron chi connectivity index (χ0n) is 12.7. The first-order chi connectivity index (χ1) is 11.4. The summed E-state index contributed by atoms with van der Waals surface area (Å²) in [6.45, 7) is 0. The van der Waals surface area contributed by atoms with Crippen LogP contribution in [-0.4, -0.2) is 23.1 Å². The minimum Gasteiger partial charge on any atom is -0.284 e. The summed E-state index contributed by atoms with van der Waals surface area (Å²) in [7, 11) is -7.65. The summed E-state index contributed by atoms with van der Waals surface area (Å²) in [5, 5.41) is 0. The largest absolute Gasteiger partial charge is 0.416 e. The van der Waals surface area contributed by atoms with Crippen LogP contribution in [0.25, 0.3) is 0 Å². The second-order valence-corrected chi connectivity index (χ2v) is 8.51. The van der Waals surface area contributed by atoms with E-state index < -0.39 is 31.8 Å². The van der Waals surface area contributed by atoms with Gasteiger partial charge in [-0.25, -0.2) is 16.8 Å². The maximum Gasteiger partial charge on any atom is 0.416 e. The predicted molar refractivity (Wildman–Crippen MR) is 87.2 cm³/mol. The summed E-state index contributed by atoms with van der Waals surface area (Å²) in [6, 6.07) is 8.48. The highest BCUT2D eigenvalue weighted by Crippen LogP contribution is 2.31. The number of anilines is 2. The third-order valence-electron chi connectivity index (χ3n) is 2.91. The van der Waals surface area contributed by atoms with Crippen molar-refractivity contribution in [2.45, 2.75) is 11.1 Å². The molecule has 2 rings (SSSR count). The van der Waals surface area contributed by atoms with Gasteiger partial charge in [0.05, 0.1) is 16.7 Å². The van der Waals surface area contributed by atoms with E-state index in [0.717, 1.165) is 30.5 Å². The Morgan fingerprint density at radius 2 is 1.44 bits per heavy atom. The Kier molecular flexibility index (Phi) is 5.00. The lowest BCUT2D eigenvalue weighted by Gasteiger charge is -2.11. The van der Waals surface area contributed by atoms with Crippen LogP contribution in [0.2, 0.25) is 0 Å². The van der Waals surface area contributed by atoms with Gasteiger partial charge in [-0.2, -0.15) is 13.2 Å². The van der Waals surface area contributed by atoms with Crippen LogP contribution in [0.1, 0.15) is 5.56 Å². The van der Waals surface area contributed by atoms with Crippen LogP contribution in [0.3, 0.4) is 0 Å². The molecular weight excluding hydrogens is 381 g/mol. The Labute approximate surface area is 142 Å². The van der Waals surface area contributed by atoms with Crippen LogP contribution in [0.5, 0.6) is 0 Å². The predicted octanol–water partition coefficient (Wildman–Crippen LogP) is 2.88. The summed E-state index contributed by atoms with van der Waals surface area (Å²) in [5.74, 6) is 0. The molecule has 0 fully saturated rings. The van der Waals surface area contributed by atoms with E-state index in [1.807, 2.05) is 4.72 Å². The van der Waals surface area contributed by atoms with Crippen LogP contribution < -0.4 is 9.44 Å². The zero-order valence-corrected chi connectivity index (χ0v) is 14.3. The quantitative estimate of drug-likeness (QED) is 0.816. The highest BCUT2D eigenvalue weighted by molar-refractivity contribution is 7.92. The number of rotatable bonds is 5. The average Bonchev–Trinajstić information content (AvgIpc) is 2.45. The van der Waals surface area contributed by atoms with Crippen molar-refractivity contribution in [2.75, 3.05) is 15.7 Å². The monoisotopic (exact) mass is 394 g/mol. The summed E-state index contributed by atoms with van der Waals surface area (Å²) >= 11 is 0. The van der Waals surface area contributed by atoms with Gasteiger partial charge in [0.25, 0.3) is 10.0 Å². The van der Waals surface area contributed by atoms with Crippen molar-refractivity contribution in [3.63, 3.8) is 0 Å². The van der Waals surface area contributed by atoms with Crippen LogP contribution in [-0.2, 0) is 26.2 Å². The highest BCUT2D eigenvalue weighted by Gasteiger charge is 2.30. The number of hydrogen-bond acceptors (Lipinski definition) is 4. The molecule has 0 unspecified atom stereocenters. The van der Waals surface area contributed by atoms with Crippen molar-refractivity contribution >= 4 is 31.4 Å². The molecule has 0 aliphatic rings. The molecule has 0 radical (unpaired) electrons. The van der Waals surface area contributed by atoms with E-state index in [1.54, 1.807) is 0 Å². The SMILES string of the molecule is CS(=O)(=O)Nc1ccc(S(=O)(=O)Nc2cccc(C(F)(F)F)c2)cc1. The van der Waals surface area contributed by atoms with E-state index in [2.05, 4.69) is 4.72 Å². The van der Waals surface area contributed by atoms with E-state index in [-0.39, 0.29) is 16.3 Å². The van der Waals surface area contributed by atoms with Gasteiger partial charge in [-0.1, -0.05) is 6.07 Å². The second-order valence-electron chi connectivity index (χ2n) is 5.08. The van der Waals surface area contributed by atoms with E-state index in [0.29, 0.717) is 6.07 Å². The molecular formula is C14H13F3N2O4S2. The maximum atomic E-state index is 12.7. The Balaban J connectivity index is 2.25. The molecule has 0 amide bonds. The van der Waals surface area contributed by atoms with Crippen LogP contribution in [0.4, 0.5) is 24.5 Å². The molecule has 6 nitrogen and oxygen atoms in total. The fourth-order valence-electron chi connectivity index (χ4n) is 1.89. The molecule has 2 N–H and O–H groups in total. The van der Waals surface area contributed by atoms with Crippen molar-refractivity contribution in [1.82, 2.24) is 0 Å². The molecule has 0 bridgehead atoms. The van der Waals surface area contributed by atoms with Gasteiger partial charge >= 0.3 is 6.18 Å². The van der Waals surface area contributed by atoms with Crippen LogP contribution >= 0.6 is 0 Å². The zero-order chi connectivity index (χ0) is 18.9. The van der Waals surface area contributed by atoms with Crippen LogP contribution in [0.15, 0.2) is 53.4 Å². The topological polar surface area (TPSA) is 92.3 Å². The summed E-state index contributed by atoms with van der Waals surface area (Å²) < 4.78 is 88.9. The number of nitrogens with one attached hydrogen (secondary N) is 2. The van der Waals surface area contributed by atoms with Gasteiger partial charge in [-0.15, -0.1) is 0 Å².